The van der Waals surface area contributed by atoms with Gasteiger partial charge in [-0.15, -0.1) is 0 Å². The Labute approximate surface area is 116 Å². The van der Waals surface area contributed by atoms with Crippen molar-refractivity contribution in [1.29, 1.82) is 0 Å². The summed E-state index contributed by atoms with van der Waals surface area (Å²) in [5.41, 5.74) is 5.30. The lowest BCUT2D eigenvalue weighted by molar-refractivity contribution is 0.562. The molecule has 19 heavy (non-hydrogen) atoms. The SMILES string of the molecule is Cc1cccc(Cc2cc(C)cc(C)c2S(=O)O)c1. The van der Waals surface area contributed by atoms with Gasteiger partial charge in [-0.3, -0.25) is 0 Å². The van der Waals surface area contributed by atoms with Gasteiger partial charge < -0.3 is 4.55 Å². The maximum atomic E-state index is 11.5. The van der Waals surface area contributed by atoms with Crippen LogP contribution in [0.2, 0.25) is 0 Å². The second-order valence-electron chi connectivity index (χ2n) is 4.99. The number of aryl methyl sites for hydroxylation is 3. The largest absolute Gasteiger partial charge is 0.302 e. The first kappa shape index (κ1) is 14.0. The lowest BCUT2D eigenvalue weighted by Gasteiger charge is -2.11. The Morgan fingerprint density at radius 3 is 2.42 bits per heavy atom. The molecular formula is C16H18O2S. The molecular weight excluding hydrogens is 256 g/mol. The molecule has 1 atom stereocenters. The van der Waals surface area contributed by atoms with Gasteiger partial charge in [0.25, 0.3) is 0 Å². The molecule has 0 aliphatic heterocycles. The zero-order valence-corrected chi connectivity index (χ0v) is 12.3. The van der Waals surface area contributed by atoms with Gasteiger partial charge in [0.05, 0.1) is 4.90 Å². The topological polar surface area (TPSA) is 37.3 Å². The molecule has 100 valence electrons. The van der Waals surface area contributed by atoms with E-state index in [-0.39, 0.29) is 0 Å². The van der Waals surface area contributed by atoms with E-state index < -0.39 is 11.1 Å². The van der Waals surface area contributed by atoms with Crippen LogP contribution in [0.1, 0.15) is 27.8 Å². The van der Waals surface area contributed by atoms with Gasteiger partial charge in [-0.05, 0) is 43.9 Å². The molecule has 2 rings (SSSR count). The normalized spacial score (nSPS) is 12.4. The van der Waals surface area contributed by atoms with E-state index in [9.17, 15) is 8.76 Å². The molecule has 0 aromatic heterocycles. The molecule has 3 heteroatoms. The summed E-state index contributed by atoms with van der Waals surface area (Å²) >= 11 is -1.94. The van der Waals surface area contributed by atoms with E-state index in [2.05, 4.69) is 25.1 Å². The molecule has 0 fully saturated rings. The van der Waals surface area contributed by atoms with Crippen LogP contribution in [-0.2, 0) is 17.5 Å². The van der Waals surface area contributed by atoms with Gasteiger partial charge in [0.1, 0.15) is 0 Å². The van der Waals surface area contributed by atoms with Gasteiger partial charge in [-0.2, -0.15) is 0 Å². The van der Waals surface area contributed by atoms with Gasteiger partial charge in [0.15, 0.2) is 11.1 Å². The van der Waals surface area contributed by atoms with Crippen molar-refractivity contribution in [2.24, 2.45) is 0 Å². The average Bonchev–Trinajstić information content (AvgIpc) is 2.26. The van der Waals surface area contributed by atoms with Crippen LogP contribution in [-0.4, -0.2) is 8.76 Å². The molecule has 1 unspecified atom stereocenters. The van der Waals surface area contributed by atoms with E-state index in [1.807, 2.05) is 32.0 Å². The van der Waals surface area contributed by atoms with Crippen molar-refractivity contribution in [2.45, 2.75) is 32.1 Å². The summed E-state index contributed by atoms with van der Waals surface area (Å²) in [6, 6.07) is 12.2. The molecule has 0 aliphatic carbocycles. The Kier molecular flexibility index (Phi) is 4.17. The summed E-state index contributed by atoms with van der Waals surface area (Å²) < 4.78 is 21.0. The molecule has 0 saturated heterocycles. The van der Waals surface area contributed by atoms with Crippen LogP contribution in [0.3, 0.4) is 0 Å². The van der Waals surface area contributed by atoms with Crippen molar-refractivity contribution in [1.82, 2.24) is 0 Å². The van der Waals surface area contributed by atoms with E-state index >= 15 is 0 Å². The second-order valence-corrected chi connectivity index (χ2v) is 5.89. The molecule has 0 spiro atoms. The third-order valence-electron chi connectivity index (χ3n) is 3.15. The maximum absolute atomic E-state index is 11.5. The Balaban J connectivity index is 2.47. The summed E-state index contributed by atoms with van der Waals surface area (Å²) in [5.74, 6) is 0. The highest BCUT2D eigenvalue weighted by Gasteiger charge is 2.12. The van der Waals surface area contributed by atoms with Gasteiger partial charge in [0, 0.05) is 0 Å². The van der Waals surface area contributed by atoms with Gasteiger partial charge in [-0.25, -0.2) is 4.21 Å². The first-order chi connectivity index (χ1) is 8.97. The smallest absolute Gasteiger partial charge is 0.187 e. The van der Waals surface area contributed by atoms with E-state index in [4.69, 9.17) is 0 Å². The minimum Gasteiger partial charge on any atom is -0.302 e. The highest BCUT2D eigenvalue weighted by molar-refractivity contribution is 7.79. The fourth-order valence-corrected chi connectivity index (χ4v) is 3.16. The van der Waals surface area contributed by atoms with Crippen molar-refractivity contribution >= 4 is 11.1 Å². The van der Waals surface area contributed by atoms with Crippen LogP contribution < -0.4 is 0 Å². The van der Waals surface area contributed by atoms with E-state index in [1.165, 1.54) is 5.56 Å². The van der Waals surface area contributed by atoms with Crippen LogP contribution in [0.5, 0.6) is 0 Å². The van der Waals surface area contributed by atoms with E-state index in [0.717, 1.165) is 22.3 Å². The molecule has 0 heterocycles. The lowest BCUT2D eigenvalue weighted by atomic mass is 9.99. The number of rotatable bonds is 3. The van der Waals surface area contributed by atoms with Crippen LogP contribution in [0, 0.1) is 20.8 Å². The predicted octanol–water partition coefficient (Wildman–Crippen LogP) is 3.78. The van der Waals surface area contributed by atoms with Crippen LogP contribution in [0.25, 0.3) is 0 Å². The van der Waals surface area contributed by atoms with Crippen molar-refractivity contribution in [2.75, 3.05) is 0 Å². The van der Waals surface area contributed by atoms with Crippen molar-refractivity contribution in [3.05, 3.63) is 64.2 Å². The van der Waals surface area contributed by atoms with Crippen LogP contribution >= 0.6 is 0 Å². The molecule has 0 aliphatic rings. The van der Waals surface area contributed by atoms with E-state index in [0.29, 0.717) is 11.3 Å². The fraction of sp³-hybridized carbons (Fsp3) is 0.250. The fourth-order valence-electron chi connectivity index (χ4n) is 2.47. The van der Waals surface area contributed by atoms with Crippen molar-refractivity contribution < 1.29 is 8.76 Å². The first-order valence-corrected chi connectivity index (χ1v) is 7.34. The lowest BCUT2D eigenvalue weighted by Crippen LogP contribution is -2.02. The molecule has 1 N–H and O–H groups in total. The predicted molar refractivity (Wildman–Crippen MR) is 78.9 cm³/mol. The summed E-state index contributed by atoms with van der Waals surface area (Å²) in [6.07, 6.45) is 0.686. The molecule has 2 nitrogen and oxygen atoms in total. The quantitative estimate of drug-likeness (QED) is 0.865. The summed E-state index contributed by atoms with van der Waals surface area (Å²) in [4.78, 5) is 0.548. The molecule has 2 aromatic rings. The van der Waals surface area contributed by atoms with E-state index in [1.54, 1.807) is 0 Å². The van der Waals surface area contributed by atoms with Gasteiger partial charge >= 0.3 is 0 Å². The first-order valence-electron chi connectivity index (χ1n) is 6.24. The zero-order chi connectivity index (χ0) is 14.0. The summed E-state index contributed by atoms with van der Waals surface area (Å²) in [7, 11) is 0. The van der Waals surface area contributed by atoms with Crippen LogP contribution in [0.15, 0.2) is 41.3 Å². The Morgan fingerprint density at radius 1 is 1.05 bits per heavy atom. The van der Waals surface area contributed by atoms with Gasteiger partial charge in [-0.1, -0.05) is 47.5 Å². The van der Waals surface area contributed by atoms with Crippen molar-refractivity contribution in [3.63, 3.8) is 0 Å². The minimum absolute atomic E-state index is 0.548. The molecule has 0 radical (unpaired) electrons. The highest BCUT2D eigenvalue weighted by Crippen LogP contribution is 2.23. The third kappa shape index (κ3) is 3.31. The molecule has 2 aromatic carbocycles. The maximum Gasteiger partial charge on any atom is 0.187 e. The second kappa shape index (κ2) is 5.68. The molecule has 0 saturated carbocycles. The number of hydrogen-bond acceptors (Lipinski definition) is 1. The summed E-state index contributed by atoms with van der Waals surface area (Å²) in [6.45, 7) is 5.95. The minimum atomic E-state index is -1.94. The zero-order valence-electron chi connectivity index (χ0n) is 11.4. The monoisotopic (exact) mass is 274 g/mol. The van der Waals surface area contributed by atoms with Crippen molar-refractivity contribution in [3.8, 4) is 0 Å². The standard InChI is InChI=1S/C16H18O2S/c1-11-5-4-6-14(8-11)10-15-9-12(2)7-13(3)16(15)19(17)18/h4-9H,10H2,1-3H3,(H,17,18). The third-order valence-corrected chi connectivity index (χ3v) is 4.08. The number of hydrogen-bond donors (Lipinski definition) is 1. The number of benzene rings is 2. The average molecular weight is 274 g/mol. The van der Waals surface area contributed by atoms with Gasteiger partial charge in [0.2, 0.25) is 0 Å². The molecule has 0 amide bonds. The highest BCUT2D eigenvalue weighted by atomic mass is 32.2. The Hall–Kier alpha value is -1.45. The van der Waals surface area contributed by atoms with Crippen LogP contribution in [0.4, 0.5) is 0 Å². The molecule has 0 bridgehead atoms. The Morgan fingerprint density at radius 2 is 1.79 bits per heavy atom. The Bertz CT molecular complexity index is 633. The summed E-state index contributed by atoms with van der Waals surface area (Å²) in [5, 5.41) is 0.